The number of nitrogens with zero attached hydrogens (tertiary/aromatic N) is 3. The van der Waals surface area contributed by atoms with Crippen molar-refractivity contribution in [2.75, 3.05) is 19.3 Å². The van der Waals surface area contributed by atoms with E-state index in [1.165, 1.54) is 0 Å². The third-order valence-corrected chi connectivity index (χ3v) is 3.17. The molecule has 0 aliphatic rings. The third kappa shape index (κ3) is 2.26. The molecule has 2 aromatic rings. The van der Waals surface area contributed by atoms with Crippen LogP contribution in [0.5, 0.6) is 0 Å². The van der Waals surface area contributed by atoms with Gasteiger partial charge in [0.2, 0.25) is 11.9 Å². The van der Waals surface area contributed by atoms with Crippen molar-refractivity contribution in [2.24, 2.45) is 0 Å². The number of rotatable bonds is 3. The Hall–Kier alpha value is -1.75. The first-order chi connectivity index (χ1) is 8.52. The summed E-state index contributed by atoms with van der Waals surface area (Å²) in [4.78, 5) is 17.7. The van der Waals surface area contributed by atoms with Crippen LogP contribution in [0, 0.1) is 0 Å². The van der Waals surface area contributed by atoms with Gasteiger partial charge in [-0.2, -0.15) is 0 Å². The van der Waals surface area contributed by atoms with Gasteiger partial charge in [-0.1, -0.05) is 11.6 Å². The summed E-state index contributed by atoms with van der Waals surface area (Å²) in [7, 11) is 1.75. The van der Waals surface area contributed by atoms with E-state index in [4.69, 9.17) is 17.3 Å². The number of nitrogens with two attached hydrogens (primary N) is 1. The highest BCUT2D eigenvalue weighted by Crippen LogP contribution is 2.21. The molecule has 0 atom stereocenters. The Morgan fingerprint density at radius 2 is 2.28 bits per heavy atom. The van der Waals surface area contributed by atoms with Crippen LogP contribution in [0.3, 0.4) is 0 Å². The summed E-state index contributed by atoms with van der Waals surface area (Å²) in [5, 5.41) is 0.597. The van der Waals surface area contributed by atoms with Crippen LogP contribution in [0.1, 0.15) is 6.92 Å². The Kier molecular flexibility index (Phi) is 3.43. The van der Waals surface area contributed by atoms with E-state index >= 15 is 0 Å². The average Bonchev–Trinajstić information content (AvgIpc) is 2.65. The molecule has 18 heavy (non-hydrogen) atoms. The van der Waals surface area contributed by atoms with E-state index in [2.05, 4.69) is 4.98 Å². The van der Waals surface area contributed by atoms with Gasteiger partial charge in [0, 0.05) is 18.6 Å². The molecule has 5 nitrogen and oxygen atoms in total. The lowest BCUT2D eigenvalue weighted by Crippen LogP contribution is -2.30. The minimum absolute atomic E-state index is 0.0107. The third-order valence-electron chi connectivity index (χ3n) is 2.93. The molecule has 0 spiro atoms. The van der Waals surface area contributed by atoms with E-state index in [-0.39, 0.29) is 12.5 Å². The number of hydrogen-bond donors (Lipinski definition) is 1. The fourth-order valence-corrected chi connectivity index (χ4v) is 1.88. The lowest BCUT2D eigenvalue weighted by molar-refractivity contribution is -0.130. The van der Waals surface area contributed by atoms with Crippen molar-refractivity contribution >= 4 is 34.5 Å². The first-order valence-electron chi connectivity index (χ1n) is 5.68. The van der Waals surface area contributed by atoms with Crippen LogP contribution < -0.4 is 5.73 Å². The zero-order chi connectivity index (χ0) is 13.3. The van der Waals surface area contributed by atoms with Crippen LogP contribution in [0.15, 0.2) is 18.2 Å². The molecule has 2 N–H and O–H groups in total. The largest absolute Gasteiger partial charge is 0.369 e. The summed E-state index contributed by atoms with van der Waals surface area (Å²) in [6.45, 7) is 2.75. The minimum Gasteiger partial charge on any atom is -0.369 e. The van der Waals surface area contributed by atoms with Gasteiger partial charge in [0.05, 0.1) is 11.0 Å². The molecular weight excluding hydrogens is 252 g/mol. The highest BCUT2D eigenvalue weighted by Gasteiger charge is 2.14. The zero-order valence-corrected chi connectivity index (χ0v) is 11.1. The molecule has 1 heterocycles. The predicted molar refractivity (Wildman–Crippen MR) is 72.5 cm³/mol. The molecule has 0 radical (unpaired) electrons. The van der Waals surface area contributed by atoms with Gasteiger partial charge in [-0.25, -0.2) is 4.98 Å². The minimum atomic E-state index is -0.0107. The number of carbonyl (C=O) groups is 1. The number of fused-ring (bicyclic) bond motifs is 1. The Morgan fingerprint density at radius 1 is 1.56 bits per heavy atom. The van der Waals surface area contributed by atoms with Gasteiger partial charge in [-0.15, -0.1) is 0 Å². The maximum absolute atomic E-state index is 11.9. The van der Waals surface area contributed by atoms with Crippen LogP contribution in [0.2, 0.25) is 5.02 Å². The maximum Gasteiger partial charge on any atom is 0.242 e. The topological polar surface area (TPSA) is 64.2 Å². The van der Waals surface area contributed by atoms with E-state index in [1.807, 2.05) is 6.92 Å². The lowest BCUT2D eigenvalue weighted by Gasteiger charge is -2.15. The maximum atomic E-state index is 11.9. The first kappa shape index (κ1) is 12.7. The van der Waals surface area contributed by atoms with Gasteiger partial charge in [-0.05, 0) is 25.1 Å². The second kappa shape index (κ2) is 4.86. The summed E-state index contributed by atoms with van der Waals surface area (Å²) in [6.07, 6.45) is 0. The van der Waals surface area contributed by atoms with E-state index in [0.717, 1.165) is 11.0 Å². The Morgan fingerprint density at radius 3 is 2.94 bits per heavy atom. The molecule has 2 rings (SSSR count). The number of imidazole rings is 1. The number of likely N-dealkylation sites (N-methyl/N-ethyl adjacent to an activating group) is 1. The van der Waals surface area contributed by atoms with Crippen LogP contribution >= 0.6 is 11.6 Å². The van der Waals surface area contributed by atoms with Gasteiger partial charge in [0.1, 0.15) is 6.54 Å². The Bertz CT molecular complexity index is 593. The number of halogens is 1. The molecule has 1 aromatic heterocycles. The molecule has 0 unspecified atom stereocenters. The number of benzene rings is 1. The number of aromatic nitrogens is 2. The Labute approximate surface area is 110 Å². The van der Waals surface area contributed by atoms with Gasteiger partial charge < -0.3 is 15.2 Å². The van der Waals surface area contributed by atoms with Crippen LogP contribution in [0.4, 0.5) is 5.95 Å². The smallest absolute Gasteiger partial charge is 0.242 e. The SMILES string of the molecule is CCN(C)C(=O)Cn1c(N)nc2ccc(Cl)cc21. The number of nitrogen functional groups attached to an aromatic ring is 1. The van der Waals surface area contributed by atoms with Gasteiger partial charge in [-0.3, -0.25) is 4.79 Å². The molecule has 0 aliphatic heterocycles. The van der Waals surface area contributed by atoms with Crippen molar-refractivity contribution in [1.29, 1.82) is 0 Å². The molecule has 96 valence electrons. The molecule has 6 heteroatoms. The number of anilines is 1. The molecule has 0 aliphatic carbocycles. The number of hydrogen-bond acceptors (Lipinski definition) is 3. The normalized spacial score (nSPS) is 10.8. The van der Waals surface area contributed by atoms with Crippen molar-refractivity contribution in [1.82, 2.24) is 14.5 Å². The number of carbonyl (C=O) groups excluding carboxylic acids is 1. The van der Waals surface area contributed by atoms with Gasteiger partial charge >= 0.3 is 0 Å². The standard InChI is InChI=1S/C12H15ClN4O/c1-3-16(2)11(18)7-17-10-6-8(13)4-5-9(10)15-12(17)14/h4-6H,3,7H2,1-2H3,(H2,14,15). The molecule has 0 saturated carbocycles. The molecular formula is C12H15ClN4O. The van der Waals surface area contributed by atoms with Crippen LogP contribution in [0.25, 0.3) is 11.0 Å². The average molecular weight is 267 g/mol. The monoisotopic (exact) mass is 266 g/mol. The van der Waals surface area contributed by atoms with Crippen molar-refractivity contribution in [3.63, 3.8) is 0 Å². The van der Waals surface area contributed by atoms with E-state index in [9.17, 15) is 4.79 Å². The van der Waals surface area contributed by atoms with Crippen LogP contribution in [-0.2, 0) is 11.3 Å². The highest BCUT2D eigenvalue weighted by atomic mass is 35.5. The van der Waals surface area contributed by atoms with Crippen molar-refractivity contribution in [2.45, 2.75) is 13.5 Å². The Balaban J connectivity index is 2.41. The fourth-order valence-electron chi connectivity index (χ4n) is 1.71. The fraction of sp³-hybridized carbons (Fsp3) is 0.333. The second-order valence-corrected chi connectivity index (χ2v) is 4.53. The molecule has 0 fully saturated rings. The van der Waals surface area contributed by atoms with Gasteiger partial charge in [0.25, 0.3) is 0 Å². The lowest BCUT2D eigenvalue weighted by atomic mass is 10.3. The number of amides is 1. The summed E-state index contributed by atoms with van der Waals surface area (Å²) in [5.41, 5.74) is 7.35. The van der Waals surface area contributed by atoms with Crippen molar-refractivity contribution < 1.29 is 4.79 Å². The van der Waals surface area contributed by atoms with E-state index in [0.29, 0.717) is 17.5 Å². The predicted octanol–water partition coefficient (Wildman–Crippen LogP) is 1.75. The molecule has 1 amide bonds. The summed E-state index contributed by atoms with van der Waals surface area (Å²) < 4.78 is 1.68. The summed E-state index contributed by atoms with van der Waals surface area (Å²) in [6, 6.07) is 5.30. The zero-order valence-electron chi connectivity index (χ0n) is 10.4. The highest BCUT2D eigenvalue weighted by molar-refractivity contribution is 6.31. The summed E-state index contributed by atoms with van der Waals surface area (Å²) in [5.74, 6) is 0.314. The van der Waals surface area contributed by atoms with Crippen molar-refractivity contribution in [3.05, 3.63) is 23.2 Å². The first-order valence-corrected chi connectivity index (χ1v) is 6.06. The second-order valence-electron chi connectivity index (χ2n) is 4.10. The van der Waals surface area contributed by atoms with Crippen molar-refractivity contribution in [3.8, 4) is 0 Å². The molecule has 1 aromatic carbocycles. The molecule has 0 bridgehead atoms. The summed E-state index contributed by atoms with van der Waals surface area (Å²) >= 11 is 5.95. The molecule has 0 saturated heterocycles. The van der Waals surface area contributed by atoms with Crippen LogP contribution in [-0.4, -0.2) is 34.0 Å². The van der Waals surface area contributed by atoms with Gasteiger partial charge in [0.15, 0.2) is 0 Å². The van der Waals surface area contributed by atoms with E-state index < -0.39 is 0 Å². The van der Waals surface area contributed by atoms with E-state index in [1.54, 1.807) is 34.7 Å². The quantitative estimate of drug-likeness (QED) is 0.921.